The molecule has 1 heterocycles. The average molecular weight is 343 g/mol. The van der Waals surface area contributed by atoms with E-state index in [1.165, 1.54) is 12.1 Å². The second kappa shape index (κ2) is 4.66. The molecular formula is C11H6INO4. The van der Waals surface area contributed by atoms with Gasteiger partial charge in [0, 0.05) is 9.13 Å². The number of hydrogen-bond donors (Lipinski definition) is 0. The van der Waals surface area contributed by atoms with Gasteiger partial charge in [-0.05, 0) is 52.9 Å². The van der Waals surface area contributed by atoms with Crippen molar-refractivity contribution in [2.75, 3.05) is 0 Å². The molecule has 0 amide bonds. The van der Waals surface area contributed by atoms with E-state index in [0.29, 0.717) is 5.56 Å². The summed E-state index contributed by atoms with van der Waals surface area (Å²) in [6.45, 7) is 0. The zero-order chi connectivity index (χ0) is 12.4. The second-order valence-electron chi connectivity index (χ2n) is 3.23. The highest BCUT2D eigenvalue weighted by Gasteiger charge is 2.18. The molecule has 0 unspecified atom stereocenters. The minimum Gasteiger partial charge on any atom is -0.397 e. The van der Waals surface area contributed by atoms with Crippen molar-refractivity contribution in [3.05, 3.63) is 61.4 Å². The van der Waals surface area contributed by atoms with Gasteiger partial charge in [-0.3, -0.25) is 14.9 Å². The van der Waals surface area contributed by atoms with Gasteiger partial charge in [-0.25, -0.2) is 0 Å². The van der Waals surface area contributed by atoms with Gasteiger partial charge in [0.25, 0.3) is 0 Å². The molecule has 0 atom stereocenters. The molecule has 0 bridgehead atoms. The highest BCUT2D eigenvalue weighted by atomic mass is 127. The minimum atomic E-state index is -0.676. The number of carbonyl (C=O) groups excluding carboxylic acids is 1. The lowest BCUT2D eigenvalue weighted by Crippen LogP contribution is -1.99. The Kier molecular flexibility index (Phi) is 3.23. The van der Waals surface area contributed by atoms with Gasteiger partial charge in [-0.1, -0.05) is 0 Å². The maximum absolute atomic E-state index is 11.9. The van der Waals surface area contributed by atoms with Crippen molar-refractivity contribution in [2.24, 2.45) is 0 Å². The first-order valence-electron chi connectivity index (χ1n) is 4.62. The fourth-order valence-corrected chi connectivity index (χ4v) is 1.65. The van der Waals surface area contributed by atoms with Gasteiger partial charge < -0.3 is 4.42 Å². The molecule has 1 aromatic heterocycles. The Labute approximate surface area is 110 Å². The van der Waals surface area contributed by atoms with E-state index in [0.717, 1.165) is 3.57 Å². The van der Waals surface area contributed by atoms with Crippen molar-refractivity contribution in [2.45, 2.75) is 0 Å². The number of benzene rings is 1. The third-order valence-corrected chi connectivity index (χ3v) is 2.82. The van der Waals surface area contributed by atoms with E-state index in [4.69, 9.17) is 4.42 Å². The molecule has 6 heteroatoms. The highest BCUT2D eigenvalue weighted by molar-refractivity contribution is 14.1. The van der Waals surface area contributed by atoms with Gasteiger partial charge in [-0.15, -0.1) is 0 Å². The van der Waals surface area contributed by atoms with Crippen LogP contribution in [0, 0.1) is 13.7 Å². The fraction of sp³-hybridized carbons (Fsp3) is 0. The Balaban J connectivity index is 2.30. The number of carbonyl (C=O) groups is 1. The van der Waals surface area contributed by atoms with Crippen LogP contribution in [-0.2, 0) is 0 Å². The summed E-state index contributed by atoms with van der Waals surface area (Å²) in [5.74, 6) is -0.828. The summed E-state index contributed by atoms with van der Waals surface area (Å²) in [7, 11) is 0. The molecule has 86 valence electrons. The maximum atomic E-state index is 11.9. The molecule has 0 fully saturated rings. The number of hydrogen-bond acceptors (Lipinski definition) is 4. The molecule has 0 N–H and O–H groups in total. The summed E-state index contributed by atoms with van der Waals surface area (Å²) in [5.41, 5.74) is 0.440. The van der Waals surface area contributed by atoms with E-state index in [2.05, 4.69) is 22.6 Å². The predicted octanol–water partition coefficient (Wildman–Crippen LogP) is 3.02. The molecule has 0 aliphatic carbocycles. The van der Waals surface area contributed by atoms with Gasteiger partial charge in [-0.2, -0.15) is 0 Å². The van der Waals surface area contributed by atoms with Crippen molar-refractivity contribution in [1.29, 1.82) is 0 Å². The second-order valence-corrected chi connectivity index (χ2v) is 4.48. The number of halogens is 1. The number of nitrogens with zero attached hydrogens (tertiary/aromatic N) is 1. The standard InChI is InChI=1S/C11H6INO4/c12-8-3-1-7(2-4-8)11(14)9-5-6-10(17-9)13(15)16/h1-6H. The highest BCUT2D eigenvalue weighted by Crippen LogP contribution is 2.19. The zero-order valence-electron chi connectivity index (χ0n) is 8.42. The molecule has 5 nitrogen and oxygen atoms in total. The van der Waals surface area contributed by atoms with Crippen LogP contribution in [0.1, 0.15) is 16.1 Å². The van der Waals surface area contributed by atoms with Crippen molar-refractivity contribution < 1.29 is 14.1 Å². The van der Waals surface area contributed by atoms with Crippen LogP contribution < -0.4 is 0 Å². The number of ketones is 1. The van der Waals surface area contributed by atoms with Crippen molar-refractivity contribution in [3.8, 4) is 0 Å². The molecule has 2 rings (SSSR count). The van der Waals surface area contributed by atoms with Crippen LogP contribution in [0.4, 0.5) is 5.88 Å². The smallest absolute Gasteiger partial charge is 0.397 e. The SMILES string of the molecule is O=C(c1ccc(I)cc1)c1ccc([N+](=O)[O-])o1. The van der Waals surface area contributed by atoms with Crippen molar-refractivity contribution in [1.82, 2.24) is 0 Å². The van der Waals surface area contributed by atoms with Gasteiger partial charge >= 0.3 is 5.88 Å². The summed E-state index contributed by atoms with van der Waals surface area (Å²) < 4.78 is 5.85. The van der Waals surface area contributed by atoms with E-state index in [1.54, 1.807) is 24.3 Å². The average Bonchev–Trinajstić information content (AvgIpc) is 2.78. The lowest BCUT2D eigenvalue weighted by atomic mass is 10.1. The summed E-state index contributed by atoms with van der Waals surface area (Å²) in [5, 5.41) is 10.4. The lowest BCUT2D eigenvalue weighted by molar-refractivity contribution is -0.402. The molecule has 0 spiro atoms. The summed E-state index contributed by atoms with van der Waals surface area (Å²) in [6, 6.07) is 9.34. The van der Waals surface area contributed by atoms with Crippen LogP contribution in [-0.4, -0.2) is 10.7 Å². The first kappa shape index (κ1) is 11.8. The number of nitro groups is 1. The third kappa shape index (κ3) is 2.52. The molecule has 0 aliphatic rings. The van der Waals surface area contributed by atoms with E-state index >= 15 is 0 Å². The van der Waals surface area contributed by atoms with Gasteiger partial charge in [0.15, 0.2) is 5.76 Å². The predicted molar refractivity (Wildman–Crippen MR) is 68.0 cm³/mol. The van der Waals surface area contributed by atoms with Crippen molar-refractivity contribution in [3.63, 3.8) is 0 Å². The van der Waals surface area contributed by atoms with Gasteiger partial charge in [0.1, 0.15) is 4.92 Å². The fourth-order valence-electron chi connectivity index (χ4n) is 1.29. The van der Waals surface area contributed by atoms with Crippen LogP contribution in [0.3, 0.4) is 0 Å². The number of furan rings is 1. The molecule has 1 aromatic carbocycles. The normalized spacial score (nSPS) is 10.2. The quantitative estimate of drug-likeness (QED) is 0.372. The first-order chi connectivity index (χ1) is 8.08. The third-order valence-electron chi connectivity index (χ3n) is 2.10. The first-order valence-corrected chi connectivity index (χ1v) is 5.70. The Hall–Kier alpha value is -1.70. The Morgan fingerprint density at radius 3 is 2.35 bits per heavy atom. The van der Waals surface area contributed by atoms with Crippen molar-refractivity contribution >= 4 is 34.3 Å². The maximum Gasteiger partial charge on any atom is 0.433 e. The van der Waals surface area contributed by atoms with Gasteiger partial charge in [0.05, 0.1) is 6.07 Å². The van der Waals surface area contributed by atoms with Crippen LogP contribution in [0.5, 0.6) is 0 Å². The Bertz CT molecular complexity index is 573. The summed E-state index contributed by atoms with van der Waals surface area (Å²) in [6.07, 6.45) is 0. The summed E-state index contributed by atoms with van der Waals surface area (Å²) >= 11 is 2.12. The van der Waals surface area contributed by atoms with Crippen LogP contribution >= 0.6 is 22.6 Å². The van der Waals surface area contributed by atoms with E-state index in [9.17, 15) is 14.9 Å². The van der Waals surface area contributed by atoms with E-state index < -0.39 is 10.8 Å². The molecule has 0 saturated heterocycles. The largest absolute Gasteiger partial charge is 0.433 e. The van der Waals surface area contributed by atoms with E-state index in [1.807, 2.05) is 0 Å². The van der Waals surface area contributed by atoms with Crippen LogP contribution in [0.25, 0.3) is 0 Å². The van der Waals surface area contributed by atoms with E-state index in [-0.39, 0.29) is 11.5 Å². The topological polar surface area (TPSA) is 73.3 Å². The molecule has 0 saturated carbocycles. The minimum absolute atomic E-state index is 0.0297. The Morgan fingerprint density at radius 1 is 1.18 bits per heavy atom. The zero-order valence-corrected chi connectivity index (χ0v) is 10.6. The Morgan fingerprint density at radius 2 is 1.82 bits per heavy atom. The molecular weight excluding hydrogens is 337 g/mol. The molecule has 0 radical (unpaired) electrons. The van der Waals surface area contributed by atoms with Crippen LogP contribution in [0.2, 0.25) is 0 Å². The lowest BCUT2D eigenvalue weighted by Gasteiger charge is -1.96. The monoisotopic (exact) mass is 343 g/mol. The van der Waals surface area contributed by atoms with Gasteiger partial charge in [0.2, 0.25) is 5.78 Å². The molecule has 0 aliphatic heterocycles. The number of rotatable bonds is 3. The van der Waals surface area contributed by atoms with Crippen LogP contribution in [0.15, 0.2) is 40.8 Å². The summed E-state index contributed by atoms with van der Waals surface area (Å²) in [4.78, 5) is 21.6. The molecule has 17 heavy (non-hydrogen) atoms. The molecule has 2 aromatic rings.